The fourth-order valence-corrected chi connectivity index (χ4v) is 2.78. The number of amides is 1. The van der Waals surface area contributed by atoms with Crippen molar-refractivity contribution in [3.8, 4) is 0 Å². The van der Waals surface area contributed by atoms with Gasteiger partial charge in [0.2, 0.25) is 5.91 Å². The van der Waals surface area contributed by atoms with Crippen molar-refractivity contribution in [3.05, 3.63) is 30.2 Å². The predicted octanol–water partition coefficient (Wildman–Crippen LogP) is 1.26. The van der Waals surface area contributed by atoms with Crippen molar-refractivity contribution in [3.63, 3.8) is 0 Å². The van der Waals surface area contributed by atoms with Crippen LogP contribution in [0.5, 0.6) is 0 Å². The number of carboxylic acid groups (broad SMARTS) is 1. The van der Waals surface area contributed by atoms with Crippen molar-refractivity contribution in [2.75, 3.05) is 6.54 Å². The van der Waals surface area contributed by atoms with E-state index in [1.54, 1.807) is 4.90 Å². The van der Waals surface area contributed by atoms with Crippen LogP contribution < -0.4 is 0 Å². The molecule has 0 saturated carbocycles. The third-order valence-corrected chi connectivity index (χ3v) is 3.76. The van der Waals surface area contributed by atoms with E-state index in [0.29, 0.717) is 6.54 Å². The number of carbonyl (C=O) groups is 2. The third-order valence-electron chi connectivity index (χ3n) is 3.76. The fourth-order valence-electron chi connectivity index (χ4n) is 2.78. The molecule has 1 atom stereocenters. The molecule has 21 heavy (non-hydrogen) atoms. The smallest absolute Gasteiger partial charge is 0.303 e. The number of hydrogen-bond donors (Lipinski definition) is 1. The van der Waals surface area contributed by atoms with Crippen molar-refractivity contribution in [1.82, 2.24) is 19.5 Å². The van der Waals surface area contributed by atoms with Gasteiger partial charge in [-0.1, -0.05) is 6.07 Å². The minimum atomic E-state index is -0.952. The second kappa shape index (κ2) is 5.51. The standard InChI is InChI=1S/C14H16N4O3/c19-12(6-7-13(20)21)17-9-3-4-10(17)14-16-15-11-5-1-2-8-18(11)14/h1-2,5,8,10H,3-4,6-7,9H2,(H,20,21). The summed E-state index contributed by atoms with van der Waals surface area (Å²) in [6.45, 7) is 0.644. The van der Waals surface area contributed by atoms with E-state index in [2.05, 4.69) is 10.2 Å². The molecule has 2 aromatic heterocycles. The van der Waals surface area contributed by atoms with Crippen molar-refractivity contribution in [1.29, 1.82) is 0 Å². The molecule has 1 saturated heterocycles. The number of fused-ring (bicyclic) bond motifs is 1. The van der Waals surface area contributed by atoms with Crippen LogP contribution in [0.4, 0.5) is 0 Å². The van der Waals surface area contributed by atoms with Crippen molar-refractivity contribution < 1.29 is 14.7 Å². The summed E-state index contributed by atoms with van der Waals surface area (Å²) in [7, 11) is 0. The molecule has 3 heterocycles. The molecule has 0 spiro atoms. The molecule has 3 rings (SSSR count). The molecule has 0 aliphatic carbocycles. The van der Waals surface area contributed by atoms with Crippen LogP contribution in [-0.2, 0) is 9.59 Å². The van der Waals surface area contributed by atoms with Crippen LogP contribution >= 0.6 is 0 Å². The van der Waals surface area contributed by atoms with Gasteiger partial charge in [0.25, 0.3) is 0 Å². The highest BCUT2D eigenvalue weighted by Crippen LogP contribution is 2.31. The number of aliphatic carboxylic acids is 1. The Labute approximate surface area is 121 Å². The Morgan fingerprint density at radius 2 is 2.14 bits per heavy atom. The van der Waals surface area contributed by atoms with E-state index in [0.717, 1.165) is 24.3 Å². The Bertz CT molecular complexity index is 682. The lowest BCUT2D eigenvalue weighted by Crippen LogP contribution is -2.31. The Kier molecular flexibility index (Phi) is 3.55. The highest BCUT2D eigenvalue weighted by atomic mass is 16.4. The lowest BCUT2D eigenvalue weighted by Gasteiger charge is -2.23. The Morgan fingerprint density at radius 1 is 1.29 bits per heavy atom. The average Bonchev–Trinajstić information content (AvgIpc) is 3.10. The first kappa shape index (κ1) is 13.5. The van der Waals surface area contributed by atoms with Gasteiger partial charge in [0.15, 0.2) is 11.5 Å². The summed E-state index contributed by atoms with van der Waals surface area (Å²) in [4.78, 5) is 24.5. The van der Waals surface area contributed by atoms with E-state index in [9.17, 15) is 9.59 Å². The number of pyridine rings is 1. The summed E-state index contributed by atoms with van der Waals surface area (Å²) in [6.07, 6.45) is 3.49. The van der Waals surface area contributed by atoms with Crippen LogP contribution in [0.3, 0.4) is 0 Å². The molecule has 0 bridgehead atoms. The van der Waals surface area contributed by atoms with E-state index in [4.69, 9.17) is 5.11 Å². The molecule has 1 aliphatic heterocycles. The van der Waals surface area contributed by atoms with E-state index in [1.807, 2.05) is 28.8 Å². The van der Waals surface area contributed by atoms with Crippen LogP contribution in [0.1, 0.15) is 37.5 Å². The van der Waals surface area contributed by atoms with Gasteiger partial charge in [0, 0.05) is 19.2 Å². The number of rotatable bonds is 4. The minimum Gasteiger partial charge on any atom is -0.481 e. The molecule has 1 aliphatic rings. The molecule has 7 heteroatoms. The maximum Gasteiger partial charge on any atom is 0.303 e. The molecule has 1 N–H and O–H groups in total. The number of hydrogen-bond acceptors (Lipinski definition) is 4. The van der Waals surface area contributed by atoms with Gasteiger partial charge < -0.3 is 10.0 Å². The lowest BCUT2D eigenvalue weighted by atomic mass is 10.2. The minimum absolute atomic E-state index is 0.0303. The van der Waals surface area contributed by atoms with Gasteiger partial charge in [-0.15, -0.1) is 10.2 Å². The van der Waals surface area contributed by atoms with Crippen LogP contribution in [-0.4, -0.2) is 43.0 Å². The zero-order valence-corrected chi connectivity index (χ0v) is 11.5. The summed E-state index contributed by atoms with van der Waals surface area (Å²) >= 11 is 0. The average molecular weight is 288 g/mol. The summed E-state index contributed by atoms with van der Waals surface area (Å²) in [5.41, 5.74) is 0.748. The van der Waals surface area contributed by atoms with E-state index < -0.39 is 5.97 Å². The molecule has 1 unspecified atom stereocenters. The molecule has 1 fully saturated rings. The van der Waals surface area contributed by atoms with Gasteiger partial charge in [-0.2, -0.15) is 0 Å². The summed E-state index contributed by atoms with van der Waals surface area (Å²) in [6, 6.07) is 5.52. The lowest BCUT2D eigenvalue weighted by molar-refractivity contribution is -0.141. The van der Waals surface area contributed by atoms with E-state index >= 15 is 0 Å². The number of carboxylic acids is 1. The SMILES string of the molecule is O=C(O)CCC(=O)N1CCCC1c1nnc2ccccn12. The molecule has 7 nitrogen and oxygen atoms in total. The highest BCUT2D eigenvalue weighted by molar-refractivity contribution is 5.81. The number of nitrogens with zero attached hydrogens (tertiary/aromatic N) is 4. The molecule has 110 valence electrons. The zero-order chi connectivity index (χ0) is 14.8. The topological polar surface area (TPSA) is 87.8 Å². The van der Waals surface area contributed by atoms with Crippen molar-refractivity contribution in [2.45, 2.75) is 31.7 Å². The number of carbonyl (C=O) groups excluding carboxylic acids is 1. The summed E-state index contributed by atoms with van der Waals surface area (Å²) < 4.78 is 1.88. The summed E-state index contributed by atoms with van der Waals surface area (Å²) in [5, 5.41) is 17.0. The molecule has 0 aromatic carbocycles. The largest absolute Gasteiger partial charge is 0.481 e. The van der Waals surface area contributed by atoms with E-state index in [-0.39, 0.29) is 24.8 Å². The van der Waals surface area contributed by atoms with E-state index in [1.165, 1.54) is 0 Å². The van der Waals surface area contributed by atoms with Gasteiger partial charge in [0.1, 0.15) is 0 Å². The van der Waals surface area contributed by atoms with Gasteiger partial charge >= 0.3 is 5.97 Å². The number of likely N-dealkylation sites (tertiary alicyclic amines) is 1. The maximum absolute atomic E-state index is 12.2. The van der Waals surface area contributed by atoms with Crippen LogP contribution in [0.15, 0.2) is 24.4 Å². The first-order valence-corrected chi connectivity index (χ1v) is 6.98. The maximum atomic E-state index is 12.2. The number of aromatic nitrogens is 3. The van der Waals surface area contributed by atoms with Gasteiger partial charge in [-0.3, -0.25) is 14.0 Å². The van der Waals surface area contributed by atoms with Gasteiger partial charge in [-0.05, 0) is 25.0 Å². The molecular weight excluding hydrogens is 272 g/mol. The first-order chi connectivity index (χ1) is 10.2. The van der Waals surface area contributed by atoms with Crippen LogP contribution in [0.25, 0.3) is 5.65 Å². The van der Waals surface area contributed by atoms with Crippen LogP contribution in [0.2, 0.25) is 0 Å². The Morgan fingerprint density at radius 3 is 2.95 bits per heavy atom. The second-order valence-electron chi connectivity index (χ2n) is 5.13. The van der Waals surface area contributed by atoms with Gasteiger partial charge in [-0.25, -0.2) is 0 Å². The Balaban J connectivity index is 1.83. The van der Waals surface area contributed by atoms with Crippen LogP contribution in [0, 0.1) is 0 Å². The molecule has 0 radical (unpaired) electrons. The quantitative estimate of drug-likeness (QED) is 0.915. The molecule has 1 amide bonds. The van der Waals surface area contributed by atoms with Crippen molar-refractivity contribution in [2.24, 2.45) is 0 Å². The molecule has 2 aromatic rings. The highest BCUT2D eigenvalue weighted by Gasteiger charge is 2.33. The predicted molar refractivity (Wildman–Crippen MR) is 73.5 cm³/mol. The monoisotopic (exact) mass is 288 g/mol. The normalized spacial score (nSPS) is 18.3. The Hall–Kier alpha value is -2.44. The zero-order valence-electron chi connectivity index (χ0n) is 11.5. The second-order valence-corrected chi connectivity index (χ2v) is 5.13. The fraction of sp³-hybridized carbons (Fsp3) is 0.429. The molecular formula is C14H16N4O3. The van der Waals surface area contributed by atoms with Crippen molar-refractivity contribution >= 4 is 17.5 Å². The third kappa shape index (κ3) is 2.58. The summed E-state index contributed by atoms with van der Waals surface area (Å²) in [5.74, 6) is -0.341. The van der Waals surface area contributed by atoms with Gasteiger partial charge in [0.05, 0.1) is 12.5 Å². The first-order valence-electron chi connectivity index (χ1n) is 6.98.